The van der Waals surface area contributed by atoms with Crippen molar-refractivity contribution in [3.8, 4) is 5.75 Å². The normalized spacial score (nSPS) is 10.7. The summed E-state index contributed by atoms with van der Waals surface area (Å²) in [6.07, 6.45) is 0. The van der Waals surface area contributed by atoms with Crippen LogP contribution < -0.4 is 5.32 Å². The van der Waals surface area contributed by atoms with E-state index in [1.54, 1.807) is 6.07 Å². The molecule has 5 heteroatoms. The highest BCUT2D eigenvalue weighted by Gasteiger charge is 2.14. The first-order valence-electron chi connectivity index (χ1n) is 5.92. The van der Waals surface area contributed by atoms with E-state index in [9.17, 15) is 14.3 Å². The van der Waals surface area contributed by atoms with Crippen LogP contribution in [0, 0.1) is 5.82 Å². The first-order valence-corrected chi connectivity index (χ1v) is 6.74. The molecule has 0 saturated heterocycles. The number of fused-ring (bicyclic) bond motifs is 1. The molecule has 100 valence electrons. The number of rotatable bonds is 2. The second-order valence-electron chi connectivity index (χ2n) is 4.24. The van der Waals surface area contributed by atoms with Gasteiger partial charge in [-0.05, 0) is 29.7 Å². The summed E-state index contributed by atoms with van der Waals surface area (Å²) in [6, 6.07) is 13.2. The minimum absolute atomic E-state index is 0.199. The lowest BCUT2D eigenvalue weighted by Crippen LogP contribution is -2.11. The van der Waals surface area contributed by atoms with Gasteiger partial charge in [-0.15, -0.1) is 11.3 Å². The SMILES string of the molecule is O=C(Nc1c(O)cccc1F)c1cc2ccccc2s1. The zero-order chi connectivity index (χ0) is 14.1. The first kappa shape index (κ1) is 12.6. The number of halogens is 1. The summed E-state index contributed by atoms with van der Waals surface area (Å²) in [6.45, 7) is 0. The summed E-state index contributed by atoms with van der Waals surface area (Å²) < 4.78 is 14.5. The summed E-state index contributed by atoms with van der Waals surface area (Å²) >= 11 is 1.32. The third-order valence-corrected chi connectivity index (χ3v) is 3.99. The fraction of sp³-hybridized carbons (Fsp3) is 0. The van der Waals surface area contributed by atoms with Gasteiger partial charge in [-0.1, -0.05) is 24.3 Å². The van der Waals surface area contributed by atoms with Crippen LogP contribution in [0.25, 0.3) is 10.1 Å². The fourth-order valence-corrected chi connectivity index (χ4v) is 2.86. The minimum Gasteiger partial charge on any atom is -0.506 e. The van der Waals surface area contributed by atoms with Crippen molar-refractivity contribution in [2.24, 2.45) is 0 Å². The van der Waals surface area contributed by atoms with E-state index in [2.05, 4.69) is 5.32 Å². The van der Waals surface area contributed by atoms with Gasteiger partial charge in [0, 0.05) is 4.70 Å². The Bertz CT molecular complexity index is 744. The van der Waals surface area contributed by atoms with Crippen LogP contribution in [0.1, 0.15) is 9.67 Å². The zero-order valence-electron chi connectivity index (χ0n) is 10.3. The number of nitrogens with one attached hydrogen (secondary N) is 1. The molecule has 3 nitrogen and oxygen atoms in total. The van der Waals surface area contributed by atoms with Gasteiger partial charge in [-0.3, -0.25) is 4.79 Å². The van der Waals surface area contributed by atoms with Crippen LogP contribution in [-0.2, 0) is 0 Å². The number of amides is 1. The molecule has 0 spiro atoms. The van der Waals surface area contributed by atoms with Gasteiger partial charge < -0.3 is 10.4 Å². The van der Waals surface area contributed by atoms with Crippen molar-refractivity contribution < 1.29 is 14.3 Å². The van der Waals surface area contributed by atoms with Gasteiger partial charge in [0.2, 0.25) is 0 Å². The first-order chi connectivity index (χ1) is 9.65. The van der Waals surface area contributed by atoms with Crippen molar-refractivity contribution >= 4 is 33.0 Å². The van der Waals surface area contributed by atoms with Crippen molar-refractivity contribution in [2.75, 3.05) is 5.32 Å². The molecule has 0 fully saturated rings. The predicted molar refractivity (Wildman–Crippen MR) is 77.8 cm³/mol. The maximum atomic E-state index is 13.6. The number of phenolic OH excluding ortho intramolecular Hbond substituents is 1. The van der Waals surface area contributed by atoms with Gasteiger partial charge >= 0.3 is 0 Å². The van der Waals surface area contributed by atoms with Gasteiger partial charge in [-0.25, -0.2) is 4.39 Å². The van der Waals surface area contributed by atoms with E-state index in [1.807, 2.05) is 24.3 Å². The number of benzene rings is 2. The number of anilines is 1. The second-order valence-corrected chi connectivity index (χ2v) is 5.32. The topological polar surface area (TPSA) is 49.3 Å². The van der Waals surface area contributed by atoms with Crippen LogP contribution in [0.15, 0.2) is 48.5 Å². The number of para-hydroxylation sites is 1. The number of aromatic hydroxyl groups is 1. The molecule has 3 aromatic rings. The van der Waals surface area contributed by atoms with Crippen LogP contribution in [-0.4, -0.2) is 11.0 Å². The van der Waals surface area contributed by atoms with Crippen LogP contribution >= 0.6 is 11.3 Å². The van der Waals surface area contributed by atoms with Crippen molar-refractivity contribution in [3.63, 3.8) is 0 Å². The molecule has 0 aliphatic rings. The largest absolute Gasteiger partial charge is 0.506 e. The molecule has 1 aromatic heterocycles. The average molecular weight is 287 g/mol. The van der Waals surface area contributed by atoms with E-state index in [1.165, 1.54) is 29.5 Å². The van der Waals surface area contributed by atoms with Gasteiger partial charge in [-0.2, -0.15) is 0 Å². The molecule has 0 bridgehead atoms. The molecule has 0 aliphatic carbocycles. The van der Waals surface area contributed by atoms with Gasteiger partial charge in [0.15, 0.2) is 5.82 Å². The summed E-state index contributed by atoms with van der Waals surface area (Å²) in [5, 5.41) is 12.9. The summed E-state index contributed by atoms with van der Waals surface area (Å²) in [5.41, 5.74) is -0.199. The van der Waals surface area contributed by atoms with Crippen LogP contribution in [0.3, 0.4) is 0 Å². The van der Waals surface area contributed by atoms with Crippen molar-refractivity contribution in [2.45, 2.75) is 0 Å². The molecule has 2 N–H and O–H groups in total. The maximum Gasteiger partial charge on any atom is 0.265 e. The van der Waals surface area contributed by atoms with Gasteiger partial charge in [0.1, 0.15) is 11.4 Å². The van der Waals surface area contributed by atoms with E-state index in [4.69, 9.17) is 0 Å². The third-order valence-electron chi connectivity index (χ3n) is 2.88. The number of thiophene rings is 1. The number of carbonyl (C=O) groups is 1. The van der Waals surface area contributed by atoms with Crippen molar-refractivity contribution in [1.29, 1.82) is 0 Å². The Morgan fingerprint density at radius 1 is 1.15 bits per heavy atom. The number of carbonyl (C=O) groups excluding carboxylic acids is 1. The highest BCUT2D eigenvalue weighted by atomic mass is 32.1. The molecule has 20 heavy (non-hydrogen) atoms. The molecule has 0 aliphatic heterocycles. The van der Waals surface area contributed by atoms with E-state index in [0.717, 1.165) is 10.1 Å². The predicted octanol–water partition coefficient (Wildman–Crippen LogP) is 4.00. The Kier molecular flexibility index (Phi) is 3.12. The van der Waals surface area contributed by atoms with Crippen molar-refractivity contribution in [1.82, 2.24) is 0 Å². The second kappa shape index (κ2) is 4.94. The maximum absolute atomic E-state index is 13.6. The van der Waals surface area contributed by atoms with E-state index < -0.39 is 11.7 Å². The Hall–Kier alpha value is -2.40. The van der Waals surface area contributed by atoms with Crippen LogP contribution in [0.4, 0.5) is 10.1 Å². The molecule has 0 atom stereocenters. The lowest BCUT2D eigenvalue weighted by molar-refractivity contribution is 0.102. The highest BCUT2D eigenvalue weighted by molar-refractivity contribution is 7.20. The van der Waals surface area contributed by atoms with Crippen LogP contribution in [0.2, 0.25) is 0 Å². The fourth-order valence-electron chi connectivity index (χ4n) is 1.91. The summed E-state index contributed by atoms with van der Waals surface area (Å²) in [7, 11) is 0. The molecule has 2 aromatic carbocycles. The van der Waals surface area contributed by atoms with Crippen LogP contribution in [0.5, 0.6) is 5.75 Å². The monoisotopic (exact) mass is 287 g/mol. The molecule has 0 unspecified atom stereocenters. The summed E-state index contributed by atoms with van der Waals surface area (Å²) in [5.74, 6) is -1.40. The number of hydrogen-bond donors (Lipinski definition) is 2. The lowest BCUT2D eigenvalue weighted by Gasteiger charge is -2.06. The number of phenols is 1. The standard InChI is InChI=1S/C15H10FNO2S/c16-10-5-3-6-11(18)14(10)17-15(19)13-8-9-4-1-2-7-12(9)20-13/h1-8,18H,(H,17,19). The van der Waals surface area contributed by atoms with Gasteiger partial charge in [0.05, 0.1) is 4.88 Å². The molecular formula is C15H10FNO2S. The molecule has 0 saturated carbocycles. The Morgan fingerprint density at radius 3 is 2.70 bits per heavy atom. The van der Waals surface area contributed by atoms with E-state index >= 15 is 0 Å². The average Bonchev–Trinajstić information content (AvgIpc) is 2.87. The molecular weight excluding hydrogens is 277 g/mol. The third kappa shape index (κ3) is 2.23. The number of hydrogen-bond acceptors (Lipinski definition) is 3. The quantitative estimate of drug-likeness (QED) is 0.700. The van der Waals surface area contributed by atoms with E-state index in [0.29, 0.717) is 4.88 Å². The molecule has 3 rings (SSSR count). The molecule has 1 amide bonds. The highest BCUT2D eigenvalue weighted by Crippen LogP contribution is 2.29. The lowest BCUT2D eigenvalue weighted by atomic mass is 10.2. The minimum atomic E-state index is -0.667. The Labute approximate surface area is 118 Å². The van der Waals surface area contributed by atoms with Gasteiger partial charge in [0.25, 0.3) is 5.91 Å². The van der Waals surface area contributed by atoms with Crippen molar-refractivity contribution in [3.05, 3.63) is 59.2 Å². The Balaban J connectivity index is 1.93. The zero-order valence-corrected chi connectivity index (χ0v) is 11.1. The Morgan fingerprint density at radius 2 is 1.95 bits per heavy atom. The molecule has 0 radical (unpaired) electrons. The van der Waals surface area contributed by atoms with E-state index in [-0.39, 0.29) is 11.4 Å². The smallest absolute Gasteiger partial charge is 0.265 e. The summed E-state index contributed by atoms with van der Waals surface area (Å²) in [4.78, 5) is 12.6. The molecule has 1 heterocycles.